The molecule has 1 atom stereocenters. The summed E-state index contributed by atoms with van der Waals surface area (Å²) in [6.07, 6.45) is 31.8. The van der Waals surface area contributed by atoms with Crippen LogP contribution in [-0.4, -0.2) is 35.6 Å². The smallest absolute Gasteiger partial charge is 0.322 e. The van der Waals surface area contributed by atoms with Crippen LogP contribution in [0.4, 0.5) is 0 Å². The van der Waals surface area contributed by atoms with Crippen LogP contribution in [0.1, 0.15) is 155 Å². The second-order valence-electron chi connectivity index (χ2n) is 10.7. The van der Waals surface area contributed by atoms with E-state index in [2.05, 4.69) is 43.5 Å². The SMILES string of the molecule is CCCCCC/C=C\C/C=C\CCCCCCCC(=O)OC(CCCCC)CCCCCC(=O)NCC(=O)O. The van der Waals surface area contributed by atoms with E-state index >= 15 is 0 Å². The van der Waals surface area contributed by atoms with Crippen LogP contribution in [-0.2, 0) is 19.1 Å². The highest BCUT2D eigenvalue weighted by Crippen LogP contribution is 2.17. The van der Waals surface area contributed by atoms with Gasteiger partial charge in [0, 0.05) is 12.8 Å². The van der Waals surface area contributed by atoms with E-state index in [9.17, 15) is 14.4 Å². The lowest BCUT2D eigenvalue weighted by Crippen LogP contribution is -2.28. The molecule has 0 radical (unpaired) electrons. The van der Waals surface area contributed by atoms with Gasteiger partial charge in [0.15, 0.2) is 0 Å². The van der Waals surface area contributed by atoms with E-state index in [1.807, 2.05) is 0 Å². The number of carbonyl (C=O) groups is 3. The normalized spacial score (nSPS) is 12.3. The van der Waals surface area contributed by atoms with Crippen molar-refractivity contribution in [3.63, 3.8) is 0 Å². The predicted octanol–water partition coefficient (Wildman–Crippen LogP) is 8.83. The average Bonchev–Trinajstić information content (AvgIpc) is 2.91. The van der Waals surface area contributed by atoms with Crippen molar-refractivity contribution in [2.45, 2.75) is 161 Å². The van der Waals surface area contributed by atoms with Crippen LogP contribution >= 0.6 is 0 Å². The number of esters is 1. The summed E-state index contributed by atoms with van der Waals surface area (Å²) in [5.74, 6) is -1.34. The molecule has 0 saturated heterocycles. The van der Waals surface area contributed by atoms with Gasteiger partial charge in [-0.2, -0.15) is 0 Å². The summed E-state index contributed by atoms with van der Waals surface area (Å²) < 4.78 is 5.82. The summed E-state index contributed by atoms with van der Waals surface area (Å²) in [5.41, 5.74) is 0. The fourth-order valence-corrected chi connectivity index (χ4v) is 4.48. The molecule has 6 heteroatoms. The van der Waals surface area contributed by atoms with E-state index in [1.54, 1.807) is 0 Å². The van der Waals surface area contributed by atoms with Gasteiger partial charge in [0.1, 0.15) is 12.6 Å². The average molecular weight is 550 g/mol. The fraction of sp³-hybridized carbons (Fsp3) is 0.788. The van der Waals surface area contributed by atoms with Gasteiger partial charge < -0.3 is 15.2 Å². The summed E-state index contributed by atoms with van der Waals surface area (Å²) in [6.45, 7) is 4.09. The molecule has 0 bridgehead atoms. The third kappa shape index (κ3) is 28.7. The Hall–Kier alpha value is -2.11. The molecule has 1 amide bonds. The number of rotatable bonds is 28. The minimum absolute atomic E-state index is 0.0347. The first-order valence-corrected chi connectivity index (χ1v) is 16.0. The Bertz CT molecular complexity index is 658. The third-order valence-electron chi connectivity index (χ3n) is 6.88. The summed E-state index contributed by atoms with van der Waals surface area (Å²) in [6, 6.07) is 0. The number of carboxylic acid groups (broad SMARTS) is 1. The van der Waals surface area contributed by atoms with Crippen LogP contribution in [0, 0.1) is 0 Å². The number of amides is 1. The van der Waals surface area contributed by atoms with Gasteiger partial charge in [0.05, 0.1) is 0 Å². The molecule has 1 unspecified atom stereocenters. The molecule has 0 aliphatic rings. The van der Waals surface area contributed by atoms with Gasteiger partial charge >= 0.3 is 11.9 Å². The van der Waals surface area contributed by atoms with E-state index in [0.29, 0.717) is 19.3 Å². The molecule has 0 fully saturated rings. The van der Waals surface area contributed by atoms with Gasteiger partial charge in [-0.05, 0) is 70.6 Å². The summed E-state index contributed by atoms with van der Waals surface area (Å²) in [5, 5.41) is 11.0. The molecule has 0 aliphatic carbocycles. The summed E-state index contributed by atoms with van der Waals surface area (Å²) in [7, 11) is 0. The Morgan fingerprint density at radius 3 is 1.82 bits per heavy atom. The van der Waals surface area contributed by atoms with Crippen molar-refractivity contribution in [2.24, 2.45) is 0 Å². The molecule has 0 rings (SSSR count). The van der Waals surface area contributed by atoms with Crippen molar-refractivity contribution in [3.8, 4) is 0 Å². The summed E-state index contributed by atoms with van der Waals surface area (Å²) in [4.78, 5) is 34.5. The van der Waals surface area contributed by atoms with Gasteiger partial charge in [-0.3, -0.25) is 14.4 Å². The Labute approximate surface area is 239 Å². The quantitative estimate of drug-likeness (QED) is 0.0578. The number of nitrogens with one attached hydrogen (secondary N) is 1. The van der Waals surface area contributed by atoms with Crippen molar-refractivity contribution in [3.05, 3.63) is 24.3 Å². The molecule has 0 aromatic heterocycles. The van der Waals surface area contributed by atoms with Crippen LogP contribution in [0.5, 0.6) is 0 Å². The second kappa shape index (κ2) is 28.9. The number of carbonyl (C=O) groups excluding carboxylic acids is 2. The van der Waals surface area contributed by atoms with Crippen LogP contribution in [0.3, 0.4) is 0 Å². The molecular weight excluding hydrogens is 490 g/mol. The maximum Gasteiger partial charge on any atom is 0.322 e. The molecule has 0 aromatic rings. The number of ether oxygens (including phenoxy) is 1. The van der Waals surface area contributed by atoms with Gasteiger partial charge in [-0.25, -0.2) is 0 Å². The zero-order chi connectivity index (χ0) is 28.8. The third-order valence-corrected chi connectivity index (χ3v) is 6.88. The van der Waals surface area contributed by atoms with Crippen molar-refractivity contribution < 1.29 is 24.2 Å². The van der Waals surface area contributed by atoms with Crippen LogP contribution in [0.2, 0.25) is 0 Å². The van der Waals surface area contributed by atoms with Gasteiger partial charge in [-0.1, -0.05) is 95.9 Å². The van der Waals surface area contributed by atoms with Crippen molar-refractivity contribution in [1.29, 1.82) is 0 Å². The van der Waals surface area contributed by atoms with E-state index < -0.39 is 5.97 Å². The van der Waals surface area contributed by atoms with E-state index in [0.717, 1.165) is 70.6 Å². The Balaban J connectivity index is 3.87. The van der Waals surface area contributed by atoms with E-state index in [1.165, 1.54) is 51.4 Å². The highest BCUT2D eigenvalue weighted by molar-refractivity contribution is 5.80. The first kappa shape index (κ1) is 36.9. The fourth-order valence-electron chi connectivity index (χ4n) is 4.48. The molecule has 226 valence electrons. The first-order valence-electron chi connectivity index (χ1n) is 16.0. The number of aliphatic carboxylic acids is 1. The van der Waals surface area contributed by atoms with Crippen molar-refractivity contribution in [2.75, 3.05) is 6.54 Å². The Kier molecular flexibility index (Phi) is 27.3. The zero-order valence-electron chi connectivity index (χ0n) is 25.2. The molecule has 0 spiro atoms. The summed E-state index contributed by atoms with van der Waals surface area (Å²) >= 11 is 0. The Morgan fingerprint density at radius 2 is 1.18 bits per heavy atom. The van der Waals surface area contributed by atoms with Gasteiger partial charge in [0.2, 0.25) is 5.91 Å². The molecule has 0 aromatic carbocycles. The maximum absolute atomic E-state index is 12.4. The van der Waals surface area contributed by atoms with Crippen LogP contribution in [0.25, 0.3) is 0 Å². The van der Waals surface area contributed by atoms with Crippen molar-refractivity contribution >= 4 is 17.8 Å². The van der Waals surface area contributed by atoms with Crippen LogP contribution in [0.15, 0.2) is 24.3 Å². The monoisotopic (exact) mass is 549 g/mol. The molecule has 39 heavy (non-hydrogen) atoms. The first-order chi connectivity index (χ1) is 19.0. The molecule has 0 aliphatic heterocycles. The molecule has 0 saturated carbocycles. The minimum Gasteiger partial charge on any atom is -0.480 e. The lowest BCUT2D eigenvalue weighted by atomic mass is 10.0. The number of unbranched alkanes of at least 4 members (excludes halogenated alkanes) is 13. The molecule has 2 N–H and O–H groups in total. The van der Waals surface area contributed by atoms with Crippen LogP contribution < -0.4 is 5.32 Å². The molecule has 6 nitrogen and oxygen atoms in total. The Morgan fingerprint density at radius 1 is 0.667 bits per heavy atom. The highest BCUT2D eigenvalue weighted by atomic mass is 16.5. The topological polar surface area (TPSA) is 92.7 Å². The number of hydrogen-bond donors (Lipinski definition) is 2. The van der Waals surface area contributed by atoms with E-state index in [4.69, 9.17) is 9.84 Å². The number of carboxylic acids is 1. The second-order valence-corrected chi connectivity index (χ2v) is 10.7. The highest BCUT2D eigenvalue weighted by Gasteiger charge is 2.14. The maximum atomic E-state index is 12.4. The molecular formula is C33H59NO5. The lowest BCUT2D eigenvalue weighted by molar-refractivity contribution is -0.150. The lowest BCUT2D eigenvalue weighted by Gasteiger charge is -2.18. The van der Waals surface area contributed by atoms with E-state index in [-0.39, 0.29) is 24.5 Å². The standard InChI is InChI=1S/C33H59NO5/c1-3-5-7-8-9-10-11-12-13-14-15-16-17-18-19-24-28-33(38)39-30(25-21-6-4-2)26-22-20-23-27-31(35)34-29-32(36)37/h10-11,13-14,30H,3-9,12,15-29H2,1-2H3,(H,34,35)(H,36,37)/b11-10-,14-13-. The van der Waals surface area contributed by atoms with Crippen molar-refractivity contribution in [1.82, 2.24) is 5.32 Å². The predicted molar refractivity (Wildman–Crippen MR) is 162 cm³/mol. The van der Waals surface area contributed by atoms with Gasteiger partial charge in [0.25, 0.3) is 0 Å². The minimum atomic E-state index is -1.03. The van der Waals surface area contributed by atoms with Gasteiger partial charge in [-0.15, -0.1) is 0 Å². The largest absolute Gasteiger partial charge is 0.480 e. The number of allylic oxidation sites excluding steroid dienone is 4. The molecule has 0 heterocycles. The zero-order valence-corrected chi connectivity index (χ0v) is 25.2. The number of hydrogen-bond acceptors (Lipinski definition) is 4.